The summed E-state index contributed by atoms with van der Waals surface area (Å²) in [6.07, 6.45) is 6.59. The van der Waals surface area contributed by atoms with Crippen LogP contribution >= 0.6 is 0 Å². The van der Waals surface area contributed by atoms with Crippen molar-refractivity contribution in [2.24, 2.45) is 16.8 Å². The molecule has 2 aromatic carbocycles. The zero-order valence-electron chi connectivity index (χ0n) is 42.4. The third-order valence-corrected chi connectivity index (χ3v) is 14.6. The summed E-state index contributed by atoms with van der Waals surface area (Å²) < 4.78 is 18.2. The number of hydrogen-bond donors (Lipinski definition) is 5. The number of allylic oxidation sites excluding steroid dienone is 5. The van der Waals surface area contributed by atoms with Crippen LogP contribution in [0.5, 0.6) is 11.5 Å². The molecule has 2 saturated heterocycles. The van der Waals surface area contributed by atoms with Gasteiger partial charge in [0, 0.05) is 101 Å². The van der Waals surface area contributed by atoms with Gasteiger partial charge in [-0.1, -0.05) is 69.3 Å². The lowest BCUT2D eigenvalue weighted by Gasteiger charge is -2.38. The second-order valence-corrected chi connectivity index (χ2v) is 20.8. The van der Waals surface area contributed by atoms with E-state index in [1.165, 1.54) is 25.7 Å². The number of nitrogens with zero attached hydrogens (tertiary/aromatic N) is 4. The van der Waals surface area contributed by atoms with Crippen LogP contribution in [0.4, 0.5) is 0 Å². The number of phenols is 1. The van der Waals surface area contributed by atoms with Gasteiger partial charge in [0.15, 0.2) is 0 Å². The Bertz CT molecular complexity index is 2600. The normalized spacial score (nSPS) is 28.0. The zero-order valence-corrected chi connectivity index (χ0v) is 42.4. The third-order valence-electron chi connectivity index (χ3n) is 14.6. The Hall–Kier alpha value is -6.14. The van der Waals surface area contributed by atoms with Gasteiger partial charge in [0.2, 0.25) is 11.7 Å². The van der Waals surface area contributed by atoms with Crippen LogP contribution in [0.2, 0.25) is 0 Å². The maximum atomic E-state index is 14.7. The number of piperidine rings is 1. The summed E-state index contributed by atoms with van der Waals surface area (Å²) in [5, 5.41) is 40.6. The number of ether oxygens (including phenoxy) is 3. The van der Waals surface area contributed by atoms with Gasteiger partial charge in [-0.3, -0.25) is 33.9 Å². The molecule has 0 saturated carbocycles. The van der Waals surface area contributed by atoms with Crippen LogP contribution in [0, 0.1) is 18.8 Å². The molecule has 1 aliphatic carbocycles. The van der Waals surface area contributed by atoms with E-state index >= 15 is 0 Å². The van der Waals surface area contributed by atoms with Crippen LogP contribution in [0.1, 0.15) is 123 Å². The van der Waals surface area contributed by atoms with E-state index in [1.807, 2.05) is 18.2 Å². The van der Waals surface area contributed by atoms with Crippen molar-refractivity contribution in [1.29, 1.82) is 0 Å². The van der Waals surface area contributed by atoms with Gasteiger partial charge in [-0.25, -0.2) is 0 Å². The van der Waals surface area contributed by atoms with Gasteiger partial charge in [0.25, 0.3) is 11.7 Å². The Morgan fingerprint density at radius 3 is 2.43 bits per heavy atom. The van der Waals surface area contributed by atoms with Crippen molar-refractivity contribution in [3.05, 3.63) is 106 Å². The molecule has 7 aliphatic rings. The van der Waals surface area contributed by atoms with E-state index in [-0.39, 0.29) is 82.3 Å². The predicted octanol–water partition coefficient (Wildman–Crippen LogP) is 5.36. The average Bonchev–Trinajstić information content (AvgIpc) is 3.71. The van der Waals surface area contributed by atoms with Crippen molar-refractivity contribution < 1.29 is 53.5 Å². The SMILES string of the molecule is C/C1=C/C=C/C(C)[C@H](O)CC(O)C[C@H](OC(=O)CC(=O)N2CCCN(Cc3ccccc3)CC2)CC/C=C/O[C@@]2(C)Oc3c(C)c(O)c4c(c3C2=O)C2=NC3(CCN(CC(C)C)CC3)NC2=C(NC1=O)C4=O. The highest BCUT2D eigenvalue weighted by Crippen LogP contribution is 2.50. The number of ketones is 2. The fraction of sp³-hybridized carbons (Fsp3) is 0.527. The maximum absolute atomic E-state index is 14.7. The number of esters is 1. The van der Waals surface area contributed by atoms with Crippen LogP contribution in [0.25, 0.3) is 0 Å². The summed E-state index contributed by atoms with van der Waals surface area (Å²) in [4.78, 5) is 81.9. The number of fused-ring (bicyclic) bond motifs is 13. The second-order valence-electron chi connectivity index (χ2n) is 20.8. The van der Waals surface area contributed by atoms with E-state index in [1.54, 1.807) is 43.1 Å². The highest BCUT2D eigenvalue weighted by molar-refractivity contribution is 6.34. The molecule has 2 fully saturated rings. The summed E-state index contributed by atoms with van der Waals surface area (Å²) in [5.41, 5.74) is 0.998. The average molecular weight is 991 g/mol. The zero-order chi connectivity index (χ0) is 51.5. The van der Waals surface area contributed by atoms with Gasteiger partial charge in [-0.05, 0) is 57.1 Å². The maximum Gasteiger partial charge on any atom is 0.315 e. The number of carbonyl (C=O) groups is 5. The van der Waals surface area contributed by atoms with Crippen LogP contribution in [-0.2, 0) is 30.4 Å². The van der Waals surface area contributed by atoms with E-state index in [0.29, 0.717) is 51.5 Å². The molecule has 0 radical (unpaired) electrons. The Balaban J connectivity index is 1.04. The van der Waals surface area contributed by atoms with Crippen molar-refractivity contribution in [2.75, 3.05) is 45.8 Å². The molecule has 2 amide bonds. The monoisotopic (exact) mass is 991 g/mol. The number of aliphatic hydroxyl groups excluding tert-OH is 2. The topological polar surface area (TPSA) is 220 Å². The lowest BCUT2D eigenvalue weighted by Crippen LogP contribution is -2.50. The molecule has 5 bridgehead atoms. The Morgan fingerprint density at radius 1 is 0.944 bits per heavy atom. The number of hydrogen-bond acceptors (Lipinski definition) is 15. The van der Waals surface area contributed by atoms with Gasteiger partial charge in [-0.15, -0.1) is 0 Å². The van der Waals surface area contributed by atoms with E-state index in [9.17, 15) is 39.3 Å². The number of benzene rings is 2. The van der Waals surface area contributed by atoms with Crippen LogP contribution < -0.4 is 15.4 Å². The van der Waals surface area contributed by atoms with Crippen molar-refractivity contribution >= 4 is 35.1 Å². The Labute approximate surface area is 421 Å². The summed E-state index contributed by atoms with van der Waals surface area (Å²) in [6.45, 7) is 16.2. The minimum Gasteiger partial charge on any atom is -0.507 e. The molecule has 5 atom stereocenters. The summed E-state index contributed by atoms with van der Waals surface area (Å²) in [7, 11) is 0. The van der Waals surface area contributed by atoms with E-state index in [0.717, 1.165) is 26.1 Å². The first-order valence-corrected chi connectivity index (χ1v) is 25.5. The standard InChI is InChI=1S/C55H70N6O11/c1-33(2)31-60-23-19-55(20-24-60)57-46-43-44-49(66)36(5)51-45(43)52(68)54(6,72-51)70-27-11-10-18-39(71-42(65)30-41(64)61-22-13-21-59(25-26-61)32-37-16-8-7-9-17-37)28-38(62)29-40(63)34(3)14-12-15-35(4)53(69)56-48(50(44)67)47(46)58-55/h7-9,11-12,14-17,27,33-34,38-40,58,62-63,66H,10,13,18-26,28-32H2,1-6H3,(H,56,69)/b14-12+,27-11+,35-15-/t34?,38?,39-,40-,54+/m1/s1. The molecule has 386 valence electrons. The van der Waals surface area contributed by atoms with Crippen molar-refractivity contribution in [1.82, 2.24) is 25.3 Å². The quantitative estimate of drug-likeness (QED) is 0.174. The highest BCUT2D eigenvalue weighted by atomic mass is 16.7. The number of amides is 2. The molecule has 9 rings (SSSR count). The molecule has 6 heterocycles. The summed E-state index contributed by atoms with van der Waals surface area (Å²) >= 11 is 0. The van der Waals surface area contributed by atoms with Crippen molar-refractivity contribution in [3.8, 4) is 11.5 Å². The van der Waals surface area contributed by atoms with E-state index < -0.39 is 71.3 Å². The Kier molecular flexibility index (Phi) is 15.9. The van der Waals surface area contributed by atoms with E-state index in [2.05, 4.69) is 46.4 Å². The number of phenolic OH excluding ortho intramolecular Hbond substituents is 1. The number of rotatable bonds is 7. The number of nitrogens with one attached hydrogen (secondary N) is 2. The van der Waals surface area contributed by atoms with Crippen molar-refractivity contribution in [3.63, 3.8) is 0 Å². The van der Waals surface area contributed by atoms with Gasteiger partial charge >= 0.3 is 11.8 Å². The highest BCUT2D eigenvalue weighted by Gasteiger charge is 2.54. The molecule has 72 heavy (non-hydrogen) atoms. The summed E-state index contributed by atoms with van der Waals surface area (Å²) in [5.74, 6) is -5.34. The number of likely N-dealkylation sites (tertiary alicyclic amines) is 1. The number of carbonyl (C=O) groups excluding carboxylic acids is 5. The third kappa shape index (κ3) is 11.4. The lowest BCUT2D eigenvalue weighted by molar-refractivity contribution is -0.155. The lowest BCUT2D eigenvalue weighted by atomic mass is 9.82. The first-order valence-electron chi connectivity index (χ1n) is 25.5. The number of aliphatic hydroxyl groups is 2. The molecule has 5 N–H and O–H groups in total. The van der Waals surface area contributed by atoms with Gasteiger partial charge < -0.3 is 50.0 Å². The number of Topliss-reactive ketones (excluding diaryl/α,β-unsaturated/α-hetero) is 2. The first kappa shape index (κ1) is 52.2. The van der Waals surface area contributed by atoms with Crippen LogP contribution in [0.15, 0.2) is 82.9 Å². The second kappa shape index (κ2) is 21.9. The van der Waals surface area contributed by atoms with Gasteiger partial charge in [-0.2, -0.15) is 0 Å². The van der Waals surface area contributed by atoms with Gasteiger partial charge in [0.05, 0.1) is 41.0 Å². The molecule has 0 aromatic heterocycles. The largest absolute Gasteiger partial charge is 0.507 e. The smallest absolute Gasteiger partial charge is 0.315 e. The molecule has 1 spiro atoms. The fourth-order valence-corrected chi connectivity index (χ4v) is 10.5. The van der Waals surface area contributed by atoms with E-state index in [4.69, 9.17) is 19.2 Å². The predicted molar refractivity (Wildman–Crippen MR) is 269 cm³/mol. The summed E-state index contributed by atoms with van der Waals surface area (Å²) in [6, 6.07) is 10.1. The van der Waals surface area contributed by atoms with Crippen molar-refractivity contribution in [2.45, 2.75) is 129 Å². The molecular weight excluding hydrogens is 921 g/mol. The molecule has 2 aromatic rings. The molecule has 2 unspecified atom stereocenters. The fourth-order valence-electron chi connectivity index (χ4n) is 10.5. The minimum absolute atomic E-state index is 0.0226. The van der Waals surface area contributed by atoms with Gasteiger partial charge in [0.1, 0.15) is 35.4 Å². The molecule has 17 nitrogen and oxygen atoms in total. The minimum atomic E-state index is -1.94. The first-order chi connectivity index (χ1) is 34.3. The number of aliphatic imine (C=N–C) groups is 1. The Morgan fingerprint density at radius 2 is 1.69 bits per heavy atom. The molecular formula is C55H70N6O11. The number of aromatic hydroxyl groups is 1. The molecule has 6 aliphatic heterocycles. The molecule has 17 heteroatoms. The van der Waals surface area contributed by atoms with Crippen LogP contribution in [-0.4, -0.2) is 141 Å². The van der Waals surface area contributed by atoms with Crippen LogP contribution in [0.3, 0.4) is 0 Å².